The van der Waals surface area contributed by atoms with Gasteiger partial charge in [-0.15, -0.1) is 0 Å². The van der Waals surface area contributed by atoms with Crippen molar-refractivity contribution in [2.75, 3.05) is 38.8 Å². The zero-order valence-electron chi connectivity index (χ0n) is 23.7. The van der Waals surface area contributed by atoms with E-state index in [0.29, 0.717) is 25.7 Å². The molecule has 2 heterocycles. The fourth-order valence-electron chi connectivity index (χ4n) is 5.08. The number of methoxy groups -OCH3 is 1. The van der Waals surface area contributed by atoms with Crippen molar-refractivity contribution in [2.24, 2.45) is 0 Å². The monoisotopic (exact) mass is 537 g/mol. The summed E-state index contributed by atoms with van der Waals surface area (Å²) in [5.41, 5.74) is 7.17. The standard InChI is InChI=1S/C34H39N3O3/c1-25(2)28-10-12-32(38-3)30(21-28)24-37-15-16-39-17-18-40-33-13-11-31(36-34-9-4-5-14-35-34)22-29(33)20-26-7-6-8-27(19-26)23-37/h4-14,19,21-22,25H,15-18,20,23-24H2,1-3H3,(H,35,36). The molecule has 0 amide bonds. The molecule has 6 nitrogen and oxygen atoms in total. The third kappa shape index (κ3) is 7.40. The smallest absolute Gasteiger partial charge is 0.130 e. The Labute approximate surface area is 237 Å². The van der Waals surface area contributed by atoms with Crippen molar-refractivity contribution in [1.82, 2.24) is 9.88 Å². The number of nitrogens with zero attached hydrogens (tertiary/aromatic N) is 2. The minimum Gasteiger partial charge on any atom is -0.496 e. The van der Waals surface area contributed by atoms with Crippen molar-refractivity contribution in [3.63, 3.8) is 0 Å². The van der Waals surface area contributed by atoms with Crippen LogP contribution in [0.25, 0.3) is 0 Å². The number of anilines is 2. The molecule has 40 heavy (non-hydrogen) atoms. The number of benzene rings is 3. The first kappa shape index (κ1) is 27.7. The topological polar surface area (TPSA) is 55.9 Å². The normalized spacial score (nSPS) is 14.6. The number of pyridine rings is 1. The summed E-state index contributed by atoms with van der Waals surface area (Å²) < 4.78 is 17.9. The molecule has 0 aliphatic carbocycles. The summed E-state index contributed by atoms with van der Waals surface area (Å²) in [5, 5.41) is 3.41. The number of hydrogen-bond donors (Lipinski definition) is 1. The van der Waals surface area contributed by atoms with Gasteiger partial charge in [0, 0.05) is 49.1 Å². The zero-order chi connectivity index (χ0) is 27.7. The van der Waals surface area contributed by atoms with Crippen LogP contribution in [0.1, 0.15) is 47.6 Å². The summed E-state index contributed by atoms with van der Waals surface area (Å²) in [6.07, 6.45) is 2.56. The minimum atomic E-state index is 0.464. The summed E-state index contributed by atoms with van der Waals surface area (Å²) in [6, 6.07) is 27.5. The van der Waals surface area contributed by atoms with Gasteiger partial charge in [-0.3, -0.25) is 4.90 Å². The number of hydrogen-bond acceptors (Lipinski definition) is 6. The largest absolute Gasteiger partial charge is 0.496 e. The lowest BCUT2D eigenvalue weighted by molar-refractivity contribution is 0.0755. The molecule has 0 radical (unpaired) electrons. The van der Waals surface area contributed by atoms with E-state index in [9.17, 15) is 0 Å². The van der Waals surface area contributed by atoms with Gasteiger partial charge in [0.05, 0.1) is 20.3 Å². The summed E-state index contributed by atoms with van der Waals surface area (Å²) in [6.45, 7) is 8.57. The van der Waals surface area contributed by atoms with Crippen LogP contribution in [0, 0.1) is 0 Å². The van der Waals surface area contributed by atoms with E-state index >= 15 is 0 Å². The second-order valence-corrected chi connectivity index (χ2v) is 10.6. The molecule has 1 aliphatic heterocycles. The van der Waals surface area contributed by atoms with E-state index in [1.807, 2.05) is 30.3 Å². The molecule has 0 saturated heterocycles. The second kappa shape index (κ2) is 13.5. The average Bonchev–Trinajstić information content (AvgIpc) is 2.96. The Morgan fingerprint density at radius 1 is 0.925 bits per heavy atom. The maximum absolute atomic E-state index is 6.20. The third-order valence-electron chi connectivity index (χ3n) is 7.19. The van der Waals surface area contributed by atoms with Gasteiger partial charge in [-0.1, -0.05) is 56.3 Å². The van der Waals surface area contributed by atoms with Crippen LogP contribution in [0.3, 0.4) is 0 Å². The van der Waals surface area contributed by atoms with Crippen LogP contribution in [0.2, 0.25) is 0 Å². The van der Waals surface area contributed by atoms with Crippen LogP contribution in [0.4, 0.5) is 11.5 Å². The van der Waals surface area contributed by atoms with Gasteiger partial charge in [-0.05, 0) is 59.0 Å². The van der Waals surface area contributed by atoms with Gasteiger partial charge < -0.3 is 19.5 Å². The predicted molar refractivity (Wildman–Crippen MR) is 161 cm³/mol. The van der Waals surface area contributed by atoms with Crippen LogP contribution >= 0.6 is 0 Å². The van der Waals surface area contributed by atoms with Crippen LogP contribution < -0.4 is 14.8 Å². The fourth-order valence-corrected chi connectivity index (χ4v) is 5.08. The highest BCUT2D eigenvalue weighted by Gasteiger charge is 2.15. The Kier molecular flexibility index (Phi) is 9.32. The Hall–Kier alpha value is -3.87. The number of rotatable bonds is 6. The third-order valence-corrected chi connectivity index (χ3v) is 7.19. The molecule has 0 unspecified atom stereocenters. The molecule has 1 aromatic heterocycles. The van der Waals surface area contributed by atoms with Crippen molar-refractivity contribution < 1.29 is 14.2 Å². The number of aromatic nitrogens is 1. The van der Waals surface area contributed by atoms with Crippen LogP contribution in [0.15, 0.2) is 85.1 Å². The maximum atomic E-state index is 6.20. The highest BCUT2D eigenvalue weighted by atomic mass is 16.5. The van der Waals surface area contributed by atoms with Crippen LogP contribution in [0.5, 0.6) is 11.5 Å². The fraction of sp³-hybridized carbons (Fsp3) is 0.324. The summed E-state index contributed by atoms with van der Waals surface area (Å²) in [5.74, 6) is 3.09. The van der Waals surface area contributed by atoms with Gasteiger partial charge in [0.2, 0.25) is 0 Å². The Balaban J connectivity index is 1.39. The van der Waals surface area contributed by atoms with Crippen molar-refractivity contribution in [2.45, 2.75) is 39.3 Å². The van der Waals surface area contributed by atoms with E-state index in [1.165, 1.54) is 22.3 Å². The molecule has 6 heteroatoms. The highest BCUT2D eigenvalue weighted by molar-refractivity contribution is 5.59. The summed E-state index contributed by atoms with van der Waals surface area (Å²) >= 11 is 0. The van der Waals surface area contributed by atoms with Crippen molar-refractivity contribution in [1.29, 1.82) is 0 Å². The van der Waals surface area contributed by atoms with Crippen molar-refractivity contribution in [3.8, 4) is 11.5 Å². The van der Waals surface area contributed by atoms with E-state index in [1.54, 1.807) is 13.3 Å². The van der Waals surface area contributed by atoms with Crippen LogP contribution in [-0.2, 0) is 24.2 Å². The quantitative estimate of drug-likeness (QED) is 0.287. The maximum Gasteiger partial charge on any atom is 0.130 e. The molecule has 0 saturated carbocycles. The summed E-state index contributed by atoms with van der Waals surface area (Å²) in [7, 11) is 1.75. The van der Waals surface area contributed by atoms with E-state index in [0.717, 1.165) is 54.6 Å². The van der Waals surface area contributed by atoms with E-state index < -0.39 is 0 Å². The number of fused-ring (bicyclic) bond motifs is 3. The Morgan fingerprint density at radius 3 is 2.65 bits per heavy atom. The van der Waals surface area contributed by atoms with Gasteiger partial charge in [0.1, 0.15) is 23.9 Å². The van der Waals surface area contributed by atoms with Gasteiger partial charge in [-0.2, -0.15) is 0 Å². The average molecular weight is 538 g/mol. The molecular weight excluding hydrogens is 498 g/mol. The Bertz CT molecular complexity index is 1390. The van der Waals surface area contributed by atoms with Crippen molar-refractivity contribution >= 4 is 11.5 Å². The molecule has 4 aromatic rings. The molecule has 2 bridgehead atoms. The molecule has 208 valence electrons. The van der Waals surface area contributed by atoms with E-state index in [4.69, 9.17) is 14.2 Å². The predicted octanol–water partition coefficient (Wildman–Crippen LogP) is 6.96. The molecule has 5 rings (SSSR count). The molecule has 3 aromatic carbocycles. The van der Waals surface area contributed by atoms with Gasteiger partial charge in [0.15, 0.2) is 0 Å². The van der Waals surface area contributed by atoms with Crippen LogP contribution in [-0.4, -0.2) is 43.4 Å². The number of ether oxygens (including phenoxy) is 3. The molecule has 1 N–H and O–H groups in total. The molecular formula is C34H39N3O3. The second-order valence-electron chi connectivity index (χ2n) is 10.6. The lowest BCUT2D eigenvalue weighted by Gasteiger charge is -2.25. The van der Waals surface area contributed by atoms with Gasteiger partial charge in [0.25, 0.3) is 0 Å². The van der Waals surface area contributed by atoms with E-state index in [-0.39, 0.29) is 0 Å². The summed E-state index contributed by atoms with van der Waals surface area (Å²) in [4.78, 5) is 6.84. The van der Waals surface area contributed by atoms with E-state index in [2.05, 4.69) is 77.6 Å². The lowest BCUT2D eigenvalue weighted by atomic mass is 9.99. The molecule has 0 atom stereocenters. The lowest BCUT2D eigenvalue weighted by Crippen LogP contribution is -2.28. The molecule has 0 spiro atoms. The van der Waals surface area contributed by atoms with Gasteiger partial charge >= 0.3 is 0 Å². The minimum absolute atomic E-state index is 0.464. The Morgan fingerprint density at radius 2 is 1.82 bits per heavy atom. The first-order chi connectivity index (χ1) is 19.6. The molecule has 0 fully saturated rings. The first-order valence-corrected chi connectivity index (χ1v) is 14.1. The number of nitrogens with one attached hydrogen (secondary N) is 1. The SMILES string of the molecule is COc1ccc(C(C)C)cc1CN1CCOCCOc2ccc(Nc3ccccn3)cc2Cc2cccc(c2)C1. The first-order valence-electron chi connectivity index (χ1n) is 14.1. The highest BCUT2D eigenvalue weighted by Crippen LogP contribution is 2.29. The molecule has 1 aliphatic rings. The zero-order valence-corrected chi connectivity index (χ0v) is 23.7. The van der Waals surface area contributed by atoms with Gasteiger partial charge in [-0.25, -0.2) is 4.98 Å². The van der Waals surface area contributed by atoms with Crippen molar-refractivity contribution in [3.05, 3.63) is 113 Å².